The van der Waals surface area contributed by atoms with Gasteiger partial charge >= 0.3 is 6.18 Å². The molecule has 0 aliphatic heterocycles. The summed E-state index contributed by atoms with van der Waals surface area (Å²) < 4.78 is 43.7. The van der Waals surface area contributed by atoms with Gasteiger partial charge in [-0.25, -0.2) is 0 Å². The summed E-state index contributed by atoms with van der Waals surface area (Å²) in [7, 11) is 1.50. The van der Waals surface area contributed by atoms with E-state index >= 15 is 0 Å². The van der Waals surface area contributed by atoms with Crippen LogP contribution in [-0.4, -0.2) is 24.6 Å². The lowest BCUT2D eigenvalue weighted by atomic mass is 9.85. The third-order valence-electron chi connectivity index (χ3n) is 5.16. The minimum atomic E-state index is -4.54. The van der Waals surface area contributed by atoms with Crippen molar-refractivity contribution in [2.45, 2.75) is 24.9 Å². The standard InChI is InChI=1S/C26H22F3NO4/c1-34-21-12-10-18(11-13-21)25(33)24(17-6-3-2-4-7-17)22(31)14-15-23(32)30-20-9-5-8-19(16-20)26(27,28)29/h2-13,16,24H,14-15H2,1H3,(H,30,32). The number of benzene rings is 3. The van der Waals surface area contributed by atoms with E-state index in [1.807, 2.05) is 0 Å². The first-order valence-corrected chi connectivity index (χ1v) is 10.4. The molecule has 0 saturated carbocycles. The van der Waals surface area contributed by atoms with Gasteiger partial charge in [-0.1, -0.05) is 36.4 Å². The molecule has 0 aliphatic rings. The molecule has 3 aromatic carbocycles. The number of anilines is 1. The number of rotatable bonds is 9. The average Bonchev–Trinajstić information content (AvgIpc) is 2.83. The molecule has 8 heteroatoms. The third kappa shape index (κ3) is 6.31. The first-order valence-electron chi connectivity index (χ1n) is 10.4. The van der Waals surface area contributed by atoms with Gasteiger partial charge in [0.15, 0.2) is 5.78 Å². The molecule has 3 rings (SSSR count). The summed E-state index contributed by atoms with van der Waals surface area (Å²) in [4.78, 5) is 38.5. The molecular weight excluding hydrogens is 447 g/mol. The lowest BCUT2D eigenvalue weighted by Crippen LogP contribution is -2.24. The van der Waals surface area contributed by atoms with Crippen LogP contribution >= 0.6 is 0 Å². The highest BCUT2D eigenvalue weighted by molar-refractivity contribution is 6.15. The van der Waals surface area contributed by atoms with Crippen molar-refractivity contribution in [1.29, 1.82) is 0 Å². The molecule has 1 N–H and O–H groups in total. The molecule has 0 spiro atoms. The zero-order chi connectivity index (χ0) is 24.7. The first-order chi connectivity index (χ1) is 16.2. The van der Waals surface area contributed by atoms with E-state index in [1.165, 1.54) is 19.2 Å². The molecule has 0 aliphatic carbocycles. The van der Waals surface area contributed by atoms with E-state index in [2.05, 4.69) is 5.32 Å². The van der Waals surface area contributed by atoms with E-state index in [9.17, 15) is 27.6 Å². The van der Waals surface area contributed by atoms with Crippen LogP contribution in [0.4, 0.5) is 18.9 Å². The fraction of sp³-hybridized carbons (Fsp3) is 0.192. The van der Waals surface area contributed by atoms with Gasteiger partial charge in [0.05, 0.1) is 12.7 Å². The van der Waals surface area contributed by atoms with E-state index in [-0.39, 0.29) is 18.5 Å². The van der Waals surface area contributed by atoms with Gasteiger partial charge in [-0.15, -0.1) is 0 Å². The molecule has 1 atom stereocenters. The molecule has 1 amide bonds. The summed E-state index contributed by atoms with van der Waals surface area (Å²) in [5, 5.41) is 2.37. The third-order valence-corrected chi connectivity index (χ3v) is 5.16. The van der Waals surface area contributed by atoms with Crippen LogP contribution in [0.3, 0.4) is 0 Å². The second kappa shape index (κ2) is 10.8. The Kier molecular flexibility index (Phi) is 7.83. The monoisotopic (exact) mass is 469 g/mol. The Balaban J connectivity index is 1.72. The average molecular weight is 469 g/mol. The van der Waals surface area contributed by atoms with Crippen molar-refractivity contribution in [3.05, 3.63) is 95.6 Å². The second-order valence-electron chi connectivity index (χ2n) is 7.53. The van der Waals surface area contributed by atoms with Crippen molar-refractivity contribution < 1.29 is 32.3 Å². The molecule has 34 heavy (non-hydrogen) atoms. The van der Waals surface area contributed by atoms with Crippen molar-refractivity contribution in [2.75, 3.05) is 12.4 Å². The number of halogens is 3. The number of amides is 1. The molecule has 1 unspecified atom stereocenters. The largest absolute Gasteiger partial charge is 0.497 e. The first kappa shape index (κ1) is 24.7. The van der Waals surface area contributed by atoms with Gasteiger partial charge in [-0.3, -0.25) is 14.4 Å². The quantitative estimate of drug-likeness (QED) is 0.324. The van der Waals surface area contributed by atoms with Crippen LogP contribution in [0, 0.1) is 0 Å². The van der Waals surface area contributed by atoms with Crippen molar-refractivity contribution in [2.24, 2.45) is 0 Å². The van der Waals surface area contributed by atoms with Crippen molar-refractivity contribution in [3.63, 3.8) is 0 Å². The van der Waals surface area contributed by atoms with Crippen LogP contribution < -0.4 is 10.1 Å². The highest BCUT2D eigenvalue weighted by Gasteiger charge is 2.31. The molecular formula is C26H22F3NO4. The number of alkyl halides is 3. The smallest absolute Gasteiger partial charge is 0.416 e. The number of methoxy groups -OCH3 is 1. The van der Waals surface area contributed by atoms with E-state index < -0.39 is 35.1 Å². The summed E-state index contributed by atoms with van der Waals surface area (Å²) in [6.07, 6.45) is -5.08. The molecule has 0 aromatic heterocycles. The molecule has 0 heterocycles. The van der Waals surface area contributed by atoms with Gasteiger partial charge in [-0.2, -0.15) is 13.2 Å². The maximum atomic E-state index is 13.2. The second-order valence-corrected chi connectivity index (χ2v) is 7.53. The molecule has 0 saturated heterocycles. The number of Topliss-reactive ketones (excluding diaryl/α,β-unsaturated/α-hetero) is 2. The van der Waals surface area contributed by atoms with Crippen molar-refractivity contribution in [1.82, 2.24) is 0 Å². The summed E-state index contributed by atoms with van der Waals surface area (Å²) in [6.45, 7) is 0. The minimum Gasteiger partial charge on any atom is -0.497 e. The molecule has 5 nitrogen and oxygen atoms in total. The Bertz CT molecular complexity index is 1160. The molecule has 176 valence electrons. The highest BCUT2D eigenvalue weighted by Crippen LogP contribution is 2.31. The van der Waals surface area contributed by atoms with Crippen molar-refractivity contribution in [3.8, 4) is 5.75 Å². The lowest BCUT2D eigenvalue weighted by molar-refractivity contribution is -0.137. The van der Waals surface area contributed by atoms with Gasteiger partial charge in [0.2, 0.25) is 5.91 Å². The predicted octanol–water partition coefficient (Wildman–Crippen LogP) is 5.67. The number of ketones is 2. The van der Waals surface area contributed by atoms with Gasteiger partial charge in [0.1, 0.15) is 17.5 Å². The van der Waals surface area contributed by atoms with Gasteiger partial charge < -0.3 is 10.1 Å². The van der Waals surface area contributed by atoms with Crippen LogP contribution in [0.15, 0.2) is 78.9 Å². The normalized spacial score (nSPS) is 12.0. The summed E-state index contributed by atoms with van der Waals surface area (Å²) in [5.74, 6) is -2.07. The Morgan fingerprint density at radius 1 is 0.882 bits per heavy atom. The SMILES string of the molecule is COc1ccc(C(=O)C(C(=O)CCC(=O)Nc2cccc(C(F)(F)F)c2)c2ccccc2)cc1. The summed E-state index contributed by atoms with van der Waals surface area (Å²) in [6, 6.07) is 19.1. The zero-order valence-corrected chi connectivity index (χ0v) is 18.3. The van der Waals surface area contributed by atoms with E-state index in [4.69, 9.17) is 4.74 Å². The van der Waals surface area contributed by atoms with Gasteiger partial charge in [0.25, 0.3) is 0 Å². The Labute approximate surface area is 194 Å². The Morgan fingerprint density at radius 3 is 2.18 bits per heavy atom. The maximum absolute atomic E-state index is 13.2. The van der Waals surface area contributed by atoms with Crippen LogP contribution in [-0.2, 0) is 15.8 Å². The molecule has 3 aromatic rings. The van der Waals surface area contributed by atoms with Crippen molar-refractivity contribution >= 4 is 23.2 Å². The highest BCUT2D eigenvalue weighted by atomic mass is 19.4. The molecule has 0 bridgehead atoms. The van der Waals surface area contributed by atoms with E-state index in [0.29, 0.717) is 16.9 Å². The Hall–Kier alpha value is -3.94. The van der Waals surface area contributed by atoms with Crippen LogP contribution in [0.2, 0.25) is 0 Å². The maximum Gasteiger partial charge on any atom is 0.416 e. The number of nitrogens with one attached hydrogen (secondary N) is 1. The molecule has 0 fully saturated rings. The predicted molar refractivity (Wildman–Crippen MR) is 121 cm³/mol. The zero-order valence-electron chi connectivity index (χ0n) is 18.3. The fourth-order valence-corrected chi connectivity index (χ4v) is 3.43. The Morgan fingerprint density at radius 2 is 1.56 bits per heavy atom. The van der Waals surface area contributed by atoms with Gasteiger partial charge in [-0.05, 0) is 48.0 Å². The van der Waals surface area contributed by atoms with Crippen LogP contribution in [0.5, 0.6) is 5.75 Å². The molecule has 0 radical (unpaired) electrons. The van der Waals surface area contributed by atoms with Crippen LogP contribution in [0.25, 0.3) is 0 Å². The topological polar surface area (TPSA) is 72.5 Å². The van der Waals surface area contributed by atoms with Crippen LogP contribution in [0.1, 0.15) is 40.2 Å². The summed E-state index contributed by atoms with van der Waals surface area (Å²) in [5.41, 5.74) is -0.111. The van der Waals surface area contributed by atoms with E-state index in [1.54, 1.807) is 54.6 Å². The lowest BCUT2D eigenvalue weighted by Gasteiger charge is -2.16. The number of carbonyl (C=O) groups is 3. The fourth-order valence-electron chi connectivity index (χ4n) is 3.43. The number of ether oxygens (including phenoxy) is 1. The van der Waals surface area contributed by atoms with E-state index in [0.717, 1.165) is 12.1 Å². The number of hydrogen-bond acceptors (Lipinski definition) is 4. The number of hydrogen-bond donors (Lipinski definition) is 1. The number of carbonyl (C=O) groups excluding carboxylic acids is 3. The summed E-state index contributed by atoms with van der Waals surface area (Å²) >= 11 is 0. The van der Waals surface area contributed by atoms with Gasteiger partial charge in [0, 0.05) is 24.1 Å². The minimum absolute atomic E-state index is 0.0267.